The summed E-state index contributed by atoms with van der Waals surface area (Å²) in [7, 11) is 0. The number of aryl methyl sites for hydroxylation is 5. The van der Waals surface area contributed by atoms with Gasteiger partial charge in [0.05, 0.1) is 5.58 Å². The molecule has 8 rings (SSSR count). The molecule has 0 N–H and O–H groups in total. The first-order valence-electron chi connectivity index (χ1n) is 25.8. The summed E-state index contributed by atoms with van der Waals surface area (Å²) in [6, 6.07) is 34.1. The molecule has 3 heterocycles. The largest absolute Gasteiger partial charge is 0.501 e. The average Bonchev–Trinajstić information content (AvgIpc) is 3.65. The van der Waals surface area contributed by atoms with E-state index in [4.69, 9.17) is 25.0 Å². The Morgan fingerprint density at radius 1 is 0.561 bits per heavy atom. The maximum Gasteiger partial charge on any atom is 0.120 e. The Balaban J connectivity index is 0.000000338. The smallest absolute Gasteiger partial charge is 0.120 e. The van der Waals surface area contributed by atoms with Gasteiger partial charge >= 0.3 is 0 Å². The quantitative estimate of drug-likeness (QED) is 0.165. The molecule has 5 aromatic carbocycles. The van der Waals surface area contributed by atoms with Gasteiger partial charge in [0, 0.05) is 58.4 Å². The molecule has 0 aliphatic heterocycles. The number of benzene rings is 5. The summed E-state index contributed by atoms with van der Waals surface area (Å²) in [5.41, 5.74) is 5.30. The van der Waals surface area contributed by atoms with Crippen molar-refractivity contribution in [1.29, 1.82) is 0 Å². The topological polar surface area (TPSA) is 38.9 Å². The van der Waals surface area contributed by atoms with E-state index in [1.165, 1.54) is 42.0 Å². The van der Waals surface area contributed by atoms with Gasteiger partial charge in [-0.05, 0) is 112 Å². The van der Waals surface area contributed by atoms with Crippen molar-refractivity contribution in [2.24, 2.45) is 0 Å². The van der Waals surface area contributed by atoms with Crippen LogP contribution in [0.1, 0.15) is 101 Å². The summed E-state index contributed by atoms with van der Waals surface area (Å²) in [6.07, 6.45) is 3.00. The van der Waals surface area contributed by atoms with Crippen LogP contribution >= 0.6 is 0 Å². The molecule has 0 spiro atoms. The summed E-state index contributed by atoms with van der Waals surface area (Å²) < 4.78 is 128. The van der Waals surface area contributed by atoms with Crippen LogP contribution in [0.5, 0.6) is 0 Å². The van der Waals surface area contributed by atoms with E-state index in [9.17, 15) is 0 Å². The standard InChI is InChI=1S/C37H34NO.C16H18N.Ir/c1-22-11-16-35-33(17-22)28-9-8-10-29(36(28)39-35)34-20-32(25(4)21-38-34)31-19-23(2)30(18-24(31)3)26-12-14-27(15-13-26)37(5,6)7;1-12-5-7-13(8-6-12)15-10-9-14(11-17-15)16(2,3)4;/h8-9,11-21H,1-7H3;5-7,9-11H,1-4H3;/q2*-1;/i1D3,2D3,3D3,4D3;1D3;. The van der Waals surface area contributed by atoms with Crippen LogP contribution in [-0.2, 0) is 30.9 Å². The summed E-state index contributed by atoms with van der Waals surface area (Å²) in [4.78, 5) is 8.88. The Bertz CT molecular complexity index is 3170. The van der Waals surface area contributed by atoms with Crippen molar-refractivity contribution in [1.82, 2.24) is 9.97 Å². The van der Waals surface area contributed by atoms with Crippen LogP contribution in [0.25, 0.3) is 66.7 Å². The van der Waals surface area contributed by atoms with Crippen molar-refractivity contribution in [3.8, 4) is 44.8 Å². The van der Waals surface area contributed by atoms with Crippen LogP contribution in [0, 0.1) is 46.4 Å². The number of hydrogen-bond acceptors (Lipinski definition) is 3. The van der Waals surface area contributed by atoms with E-state index in [0.29, 0.717) is 38.6 Å². The number of rotatable bonds is 4. The van der Waals surface area contributed by atoms with Crippen molar-refractivity contribution in [2.75, 3.05) is 0 Å². The molecule has 0 fully saturated rings. The molecule has 3 nitrogen and oxygen atoms in total. The average molecular weight is 940 g/mol. The van der Waals surface area contributed by atoms with E-state index in [-0.39, 0.29) is 75.6 Å². The Morgan fingerprint density at radius 2 is 1.23 bits per heavy atom. The third-order valence-electron chi connectivity index (χ3n) is 9.82. The summed E-state index contributed by atoms with van der Waals surface area (Å²) >= 11 is 0. The van der Waals surface area contributed by atoms with Crippen molar-refractivity contribution in [2.45, 2.75) is 86.6 Å². The molecule has 0 bridgehead atoms. The molecule has 4 heteroatoms. The van der Waals surface area contributed by atoms with Crippen LogP contribution < -0.4 is 0 Å². The van der Waals surface area contributed by atoms with Gasteiger partial charge in [-0.1, -0.05) is 126 Å². The first-order chi connectivity index (χ1) is 32.6. The molecule has 0 aliphatic rings. The Labute approximate surface area is 374 Å². The molecule has 0 aliphatic carbocycles. The predicted molar refractivity (Wildman–Crippen MR) is 236 cm³/mol. The number of furan rings is 1. The van der Waals surface area contributed by atoms with E-state index in [0.717, 1.165) is 23.0 Å². The van der Waals surface area contributed by atoms with Gasteiger partial charge in [0.1, 0.15) is 5.58 Å². The second kappa shape index (κ2) is 16.4. The first-order valence-corrected chi connectivity index (χ1v) is 18.3. The third kappa shape index (κ3) is 8.89. The number of aromatic nitrogens is 2. The normalized spacial score (nSPS) is 16.6. The summed E-state index contributed by atoms with van der Waals surface area (Å²) in [5, 5.41) is 1.12. The maximum absolute atomic E-state index is 8.51. The maximum atomic E-state index is 8.51. The molecular weight excluding hydrogens is 873 g/mol. The van der Waals surface area contributed by atoms with Crippen molar-refractivity contribution in [3.05, 3.63) is 167 Å². The van der Waals surface area contributed by atoms with Gasteiger partial charge in [0.25, 0.3) is 0 Å². The molecule has 0 unspecified atom stereocenters. The minimum absolute atomic E-state index is 0. The fourth-order valence-electron chi connectivity index (χ4n) is 6.54. The number of hydrogen-bond donors (Lipinski definition) is 0. The molecular formula is C53H52IrN2O-2. The van der Waals surface area contributed by atoms with Gasteiger partial charge in [-0.15, -0.1) is 53.6 Å². The third-order valence-corrected chi connectivity index (χ3v) is 9.82. The van der Waals surface area contributed by atoms with E-state index in [1.54, 1.807) is 42.5 Å². The number of fused-ring (bicyclic) bond motifs is 3. The Kier molecular flexibility index (Phi) is 7.46. The minimum atomic E-state index is -2.77. The van der Waals surface area contributed by atoms with E-state index in [2.05, 4.69) is 42.9 Å². The Morgan fingerprint density at radius 3 is 1.88 bits per heavy atom. The molecule has 57 heavy (non-hydrogen) atoms. The fraction of sp³-hybridized carbons (Fsp3) is 0.245. The zero-order valence-electron chi connectivity index (χ0n) is 47.6. The zero-order chi connectivity index (χ0) is 52.4. The Hall–Kier alpha value is -5.15. The molecule has 0 saturated heterocycles. The monoisotopic (exact) mass is 940 g/mol. The van der Waals surface area contributed by atoms with Gasteiger partial charge < -0.3 is 14.4 Å². The first kappa shape index (κ1) is 26.0. The van der Waals surface area contributed by atoms with Crippen LogP contribution in [-0.4, -0.2) is 9.97 Å². The molecule has 1 radical (unpaired) electrons. The zero-order valence-corrected chi connectivity index (χ0v) is 35.0. The SMILES string of the molecule is [2H]C([2H])([2H])c1c[c-]c(-c2ccc(C(C)(C)C)cn2)cc1.[2H]C([2H])([2H])c1ccc2oc3c(-c4cc(-c5cc(C([2H])([2H])[2H])c(-c6ccc(C(C)(C)C)cc6)cc5C([2H])([2H])[2H])c(C([2H])([2H])[2H])cn4)[c-]ccc3c2c1.[Ir]. The molecule has 0 saturated carbocycles. The van der Waals surface area contributed by atoms with Crippen molar-refractivity contribution in [3.63, 3.8) is 0 Å². The van der Waals surface area contributed by atoms with Gasteiger partial charge in [0.2, 0.25) is 0 Å². The van der Waals surface area contributed by atoms with Gasteiger partial charge in [-0.25, -0.2) is 0 Å². The van der Waals surface area contributed by atoms with Crippen LogP contribution in [0.4, 0.5) is 0 Å². The summed E-state index contributed by atoms with van der Waals surface area (Å²) in [6.45, 7) is -0.0946. The molecule has 291 valence electrons. The van der Waals surface area contributed by atoms with Crippen molar-refractivity contribution < 1.29 is 45.1 Å². The second-order valence-corrected chi connectivity index (χ2v) is 16.0. The van der Waals surface area contributed by atoms with E-state index in [1.807, 2.05) is 51.2 Å². The fourth-order valence-corrected chi connectivity index (χ4v) is 6.54. The van der Waals surface area contributed by atoms with E-state index < -0.39 is 34.3 Å². The van der Waals surface area contributed by atoms with Crippen molar-refractivity contribution >= 4 is 21.9 Å². The number of nitrogens with zero attached hydrogens (tertiary/aromatic N) is 2. The van der Waals surface area contributed by atoms with E-state index >= 15 is 0 Å². The molecule has 0 amide bonds. The minimum Gasteiger partial charge on any atom is -0.501 e. The predicted octanol–water partition coefficient (Wildman–Crippen LogP) is 14.5. The van der Waals surface area contributed by atoms with Crippen LogP contribution in [0.3, 0.4) is 0 Å². The molecule has 0 atom stereocenters. The number of pyridine rings is 2. The molecule has 3 aromatic heterocycles. The van der Waals surface area contributed by atoms with Gasteiger partial charge in [-0.2, -0.15) is 0 Å². The van der Waals surface area contributed by atoms with Gasteiger partial charge in [0.15, 0.2) is 0 Å². The van der Waals surface area contributed by atoms with Crippen LogP contribution in [0.2, 0.25) is 0 Å². The second-order valence-electron chi connectivity index (χ2n) is 16.0. The van der Waals surface area contributed by atoms with Crippen LogP contribution in [0.15, 0.2) is 120 Å². The molecule has 8 aromatic rings. The van der Waals surface area contributed by atoms with Gasteiger partial charge in [-0.3, -0.25) is 0 Å². The summed E-state index contributed by atoms with van der Waals surface area (Å²) in [5.74, 6) is 0.